The molecule has 1 aliphatic carbocycles. The van der Waals surface area contributed by atoms with Gasteiger partial charge in [0.05, 0.1) is 22.3 Å². The van der Waals surface area contributed by atoms with Crippen molar-refractivity contribution in [3.63, 3.8) is 0 Å². The molecule has 0 saturated heterocycles. The molecule has 5 nitrogen and oxygen atoms in total. The Balaban J connectivity index is 1.60. The lowest BCUT2D eigenvalue weighted by atomic mass is 9.88. The Morgan fingerprint density at radius 3 is 2.70 bits per heavy atom. The van der Waals surface area contributed by atoms with Crippen molar-refractivity contribution in [2.75, 3.05) is 5.32 Å². The van der Waals surface area contributed by atoms with Gasteiger partial charge >= 0.3 is 0 Å². The summed E-state index contributed by atoms with van der Waals surface area (Å²) in [6.07, 6.45) is 2.70. The van der Waals surface area contributed by atoms with E-state index in [1.54, 1.807) is 12.1 Å². The zero-order chi connectivity index (χ0) is 23.1. The van der Waals surface area contributed by atoms with E-state index in [9.17, 15) is 9.59 Å². The van der Waals surface area contributed by atoms with Gasteiger partial charge in [-0.15, -0.1) is 11.3 Å². The molecule has 2 aromatic heterocycles. The van der Waals surface area contributed by atoms with Gasteiger partial charge in [-0.25, -0.2) is 4.98 Å². The highest BCUT2D eigenvalue weighted by Crippen LogP contribution is 2.40. The molecule has 5 rings (SSSR count). The van der Waals surface area contributed by atoms with Gasteiger partial charge in [-0.3, -0.25) is 9.59 Å². The second kappa shape index (κ2) is 8.61. The first kappa shape index (κ1) is 21.6. The summed E-state index contributed by atoms with van der Waals surface area (Å²) >= 11 is 7.86. The quantitative estimate of drug-likeness (QED) is 0.374. The van der Waals surface area contributed by atoms with Crippen LogP contribution < -0.4 is 11.1 Å². The molecule has 3 N–H and O–H groups in total. The fourth-order valence-corrected chi connectivity index (χ4v) is 6.08. The molecule has 1 atom stereocenters. The Labute approximate surface area is 200 Å². The minimum absolute atomic E-state index is 0.309. The first-order valence-electron chi connectivity index (χ1n) is 10.8. The fourth-order valence-electron chi connectivity index (χ4n) is 4.44. The Morgan fingerprint density at radius 1 is 1.15 bits per heavy atom. The lowest BCUT2D eigenvalue weighted by Gasteiger charge is -2.18. The Kier molecular flexibility index (Phi) is 5.64. The van der Waals surface area contributed by atoms with E-state index >= 15 is 0 Å². The molecule has 4 aromatic rings. The maximum absolute atomic E-state index is 13.5. The van der Waals surface area contributed by atoms with Crippen LogP contribution in [0.15, 0.2) is 54.6 Å². The number of aromatic nitrogens is 1. The molecule has 0 spiro atoms. The van der Waals surface area contributed by atoms with E-state index in [0.29, 0.717) is 38.3 Å². The topological polar surface area (TPSA) is 85.1 Å². The predicted molar refractivity (Wildman–Crippen MR) is 134 cm³/mol. The minimum atomic E-state index is -0.506. The zero-order valence-electron chi connectivity index (χ0n) is 18.0. The molecule has 1 aliphatic rings. The first-order valence-corrected chi connectivity index (χ1v) is 12.0. The van der Waals surface area contributed by atoms with Crippen LogP contribution in [0.4, 0.5) is 5.00 Å². The first-order chi connectivity index (χ1) is 15.9. The van der Waals surface area contributed by atoms with E-state index < -0.39 is 5.91 Å². The van der Waals surface area contributed by atoms with Crippen molar-refractivity contribution in [3.8, 4) is 11.3 Å². The van der Waals surface area contributed by atoms with Crippen LogP contribution in [0, 0.1) is 5.92 Å². The van der Waals surface area contributed by atoms with Crippen LogP contribution >= 0.6 is 22.9 Å². The number of anilines is 1. The molecular weight excluding hydrogens is 454 g/mol. The van der Waals surface area contributed by atoms with Crippen molar-refractivity contribution in [1.29, 1.82) is 0 Å². The Hall–Kier alpha value is -3.22. The summed E-state index contributed by atoms with van der Waals surface area (Å²) in [5.74, 6) is -0.271. The average Bonchev–Trinajstić information content (AvgIpc) is 3.15. The van der Waals surface area contributed by atoms with Crippen molar-refractivity contribution >= 4 is 50.7 Å². The number of hydrogen-bond acceptors (Lipinski definition) is 4. The van der Waals surface area contributed by atoms with Gasteiger partial charge in [0.15, 0.2) is 0 Å². The molecule has 0 saturated carbocycles. The number of amides is 2. The van der Waals surface area contributed by atoms with E-state index in [1.165, 1.54) is 11.3 Å². The van der Waals surface area contributed by atoms with Crippen LogP contribution in [-0.4, -0.2) is 16.8 Å². The van der Waals surface area contributed by atoms with E-state index in [0.717, 1.165) is 40.7 Å². The van der Waals surface area contributed by atoms with Gasteiger partial charge in [0.2, 0.25) is 0 Å². The van der Waals surface area contributed by atoms with Gasteiger partial charge in [0.25, 0.3) is 11.8 Å². The Morgan fingerprint density at radius 2 is 1.91 bits per heavy atom. The highest BCUT2D eigenvalue weighted by molar-refractivity contribution is 7.17. The standard InChI is InChI=1S/C26H22ClN3O2S/c1-14-10-11-17-22(12-14)33-26(23(17)24(28)31)30-25(32)18-13-21(16-7-2-4-8-19(16)27)29-20-9-5-3-6-15(18)20/h2-9,13-14H,10-12H2,1H3,(H2,28,31)(H,30,32). The Bertz CT molecular complexity index is 1410. The molecule has 2 amide bonds. The van der Waals surface area contributed by atoms with Crippen molar-refractivity contribution in [1.82, 2.24) is 4.98 Å². The molecule has 7 heteroatoms. The molecular formula is C26H22ClN3O2S. The third kappa shape index (κ3) is 4.01. The molecule has 0 fully saturated rings. The van der Waals surface area contributed by atoms with Crippen molar-refractivity contribution in [2.24, 2.45) is 11.7 Å². The summed E-state index contributed by atoms with van der Waals surface area (Å²) in [5, 5.41) is 4.79. The van der Waals surface area contributed by atoms with Gasteiger partial charge in [-0.1, -0.05) is 54.9 Å². The van der Waals surface area contributed by atoms with Crippen LogP contribution in [0.1, 0.15) is 44.5 Å². The molecule has 2 aromatic carbocycles. The highest BCUT2D eigenvalue weighted by Gasteiger charge is 2.28. The van der Waals surface area contributed by atoms with Crippen LogP contribution in [0.5, 0.6) is 0 Å². The van der Waals surface area contributed by atoms with Crippen molar-refractivity contribution in [2.45, 2.75) is 26.2 Å². The number of benzene rings is 2. The lowest BCUT2D eigenvalue weighted by molar-refractivity contribution is 0.1000. The monoisotopic (exact) mass is 475 g/mol. The van der Waals surface area contributed by atoms with Gasteiger partial charge in [-0.2, -0.15) is 0 Å². The number of nitrogens with two attached hydrogens (primary N) is 1. The van der Waals surface area contributed by atoms with E-state index in [4.69, 9.17) is 22.3 Å². The van der Waals surface area contributed by atoms with E-state index in [1.807, 2.05) is 42.5 Å². The molecule has 166 valence electrons. The summed E-state index contributed by atoms with van der Waals surface area (Å²) in [6.45, 7) is 2.20. The smallest absolute Gasteiger partial charge is 0.257 e. The number of carbonyl (C=O) groups excluding carboxylic acids is 2. The van der Waals surface area contributed by atoms with Gasteiger partial charge in [-0.05, 0) is 48.9 Å². The number of fused-ring (bicyclic) bond motifs is 2. The second-order valence-electron chi connectivity index (χ2n) is 8.43. The average molecular weight is 476 g/mol. The van der Waals surface area contributed by atoms with Gasteiger partial charge < -0.3 is 11.1 Å². The number of para-hydroxylation sites is 1. The number of nitrogens with zero attached hydrogens (tertiary/aromatic N) is 1. The number of nitrogens with one attached hydrogen (secondary N) is 1. The molecule has 0 radical (unpaired) electrons. The normalized spacial score (nSPS) is 15.3. The van der Waals surface area contributed by atoms with Crippen molar-refractivity contribution in [3.05, 3.63) is 81.2 Å². The van der Waals surface area contributed by atoms with Crippen LogP contribution in [0.2, 0.25) is 5.02 Å². The maximum atomic E-state index is 13.5. The summed E-state index contributed by atoms with van der Waals surface area (Å²) in [6, 6.07) is 16.6. The fraction of sp³-hybridized carbons (Fsp3) is 0.192. The lowest BCUT2D eigenvalue weighted by Crippen LogP contribution is -2.19. The predicted octanol–water partition coefficient (Wildman–Crippen LogP) is 6.09. The largest absolute Gasteiger partial charge is 0.365 e. The zero-order valence-corrected chi connectivity index (χ0v) is 19.6. The molecule has 0 aliphatic heterocycles. The molecule has 33 heavy (non-hydrogen) atoms. The number of rotatable bonds is 4. The molecule has 2 heterocycles. The third-order valence-electron chi connectivity index (χ3n) is 6.10. The minimum Gasteiger partial charge on any atom is -0.365 e. The second-order valence-corrected chi connectivity index (χ2v) is 9.94. The number of primary amides is 1. The maximum Gasteiger partial charge on any atom is 0.257 e. The number of thiophene rings is 1. The van der Waals surface area contributed by atoms with Gasteiger partial charge in [0.1, 0.15) is 5.00 Å². The van der Waals surface area contributed by atoms with Crippen LogP contribution in [-0.2, 0) is 12.8 Å². The van der Waals surface area contributed by atoms with E-state index in [-0.39, 0.29) is 5.91 Å². The summed E-state index contributed by atoms with van der Waals surface area (Å²) < 4.78 is 0. The third-order valence-corrected chi connectivity index (χ3v) is 7.60. The molecule has 0 bridgehead atoms. The number of halogens is 1. The van der Waals surface area contributed by atoms with Crippen LogP contribution in [0.3, 0.4) is 0 Å². The van der Waals surface area contributed by atoms with Crippen LogP contribution in [0.25, 0.3) is 22.2 Å². The van der Waals surface area contributed by atoms with Crippen molar-refractivity contribution < 1.29 is 9.59 Å². The van der Waals surface area contributed by atoms with Gasteiger partial charge in [0, 0.05) is 20.8 Å². The number of pyridine rings is 1. The van der Waals surface area contributed by atoms with E-state index in [2.05, 4.69) is 12.2 Å². The molecule has 1 unspecified atom stereocenters. The SMILES string of the molecule is CC1CCc2c(sc(NC(=O)c3cc(-c4ccccc4Cl)nc4ccccc34)c2C(N)=O)C1. The summed E-state index contributed by atoms with van der Waals surface area (Å²) in [4.78, 5) is 31.7. The highest BCUT2D eigenvalue weighted by atomic mass is 35.5. The number of carbonyl (C=O) groups is 2. The summed E-state index contributed by atoms with van der Waals surface area (Å²) in [7, 11) is 0. The number of hydrogen-bond donors (Lipinski definition) is 2. The summed E-state index contributed by atoms with van der Waals surface area (Å²) in [5.41, 5.74) is 9.67.